The van der Waals surface area contributed by atoms with E-state index < -0.39 is 0 Å². The Bertz CT molecular complexity index is 657. The van der Waals surface area contributed by atoms with E-state index in [2.05, 4.69) is 36.5 Å². The summed E-state index contributed by atoms with van der Waals surface area (Å²) in [5.74, 6) is 0.875. The summed E-state index contributed by atoms with van der Waals surface area (Å²) >= 11 is 5.55. The maximum Gasteiger partial charge on any atom is 0.119 e. The van der Waals surface area contributed by atoms with Gasteiger partial charge in [0, 0.05) is 11.6 Å². The predicted molar refractivity (Wildman–Crippen MR) is 104 cm³/mol. The van der Waals surface area contributed by atoms with E-state index in [4.69, 9.17) is 17.0 Å². The molecule has 0 amide bonds. The molecule has 3 rings (SSSR count). The fraction of sp³-hybridized carbons (Fsp3) is 0.381. The molecule has 1 aliphatic carbocycles. The van der Waals surface area contributed by atoms with Crippen LogP contribution in [0.2, 0.25) is 0 Å². The lowest BCUT2D eigenvalue weighted by molar-refractivity contribution is 0.306. The van der Waals surface area contributed by atoms with Gasteiger partial charge in [-0.25, -0.2) is 0 Å². The third-order valence-corrected chi connectivity index (χ3v) is 4.94. The fourth-order valence-corrected chi connectivity index (χ4v) is 3.37. The molecule has 0 atom stereocenters. The number of ether oxygens (including phenoxy) is 1. The molecule has 126 valence electrons. The first-order valence-electron chi connectivity index (χ1n) is 8.80. The van der Waals surface area contributed by atoms with Crippen molar-refractivity contribution < 1.29 is 4.74 Å². The van der Waals surface area contributed by atoms with Crippen molar-refractivity contribution in [2.24, 2.45) is 0 Å². The number of rotatable bonds is 5. The molecule has 0 aromatic heterocycles. The first kappa shape index (κ1) is 17.0. The number of aryl methyl sites for hydroxylation is 1. The maximum atomic E-state index is 5.85. The van der Waals surface area contributed by atoms with Crippen molar-refractivity contribution in [2.75, 3.05) is 0 Å². The molecular weight excluding hydrogens is 314 g/mol. The second-order valence-electron chi connectivity index (χ2n) is 6.61. The molecule has 2 aromatic rings. The molecule has 1 saturated carbocycles. The smallest absolute Gasteiger partial charge is 0.119 e. The highest BCUT2D eigenvalue weighted by molar-refractivity contribution is 7.80. The molecule has 0 spiro atoms. The molecule has 1 aliphatic rings. The van der Waals surface area contributed by atoms with E-state index in [1.54, 1.807) is 0 Å². The molecule has 0 heterocycles. The number of hydrogen-bond acceptors (Lipinski definition) is 2. The average Bonchev–Trinajstić information content (AvgIpc) is 2.62. The first-order chi connectivity index (χ1) is 11.7. The van der Waals surface area contributed by atoms with Crippen LogP contribution in [-0.4, -0.2) is 11.0 Å². The van der Waals surface area contributed by atoms with E-state index in [0.29, 0.717) is 12.6 Å². The fourth-order valence-electron chi connectivity index (χ4n) is 3.07. The van der Waals surface area contributed by atoms with Gasteiger partial charge in [0.1, 0.15) is 17.3 Å². The molecular formula is C21H25NOS. The Morgan fingerprint density at radius 1 is 1.00 bits per heavy atom. The van der Waals surface area contributed by atoms with Gasteiger partial charge in [0.15, 0.2) is 0 Å². The SMILES string of the molecule is Cc1ccc(COc2ccc(C(=S)NC3CCCCC3)cc2)cc1. The van der Waals surface area contributed by atoms with E-state index >= 15 is 0 Å². The Balaban J connectivity index is 1.52. The van der Waals surface area contributed by atoms with Crippen molar-refractivity contribution in [1.82, 2.24) is 5.32 Å². The van der Waals surface area contributed by atoms with Crippen LogP contribution in [0.4, 0.5) is 0 Å². The molecule has 3 heteroatoms. The highest BCUT2D eigenvalue weighted by Crippen LogP contribution is 2.19. The topological polar surface area (TPSA) is 21.3 Å². The quantitative estimate of drug-likeness (QED) is 0.759. The van der Waals surface area contributed by atoms with Crippen LogP contribution in [0.5, 0.6) is 5.75 Å². The number of thiocarbonyl (C=S) groups is 1. The zero-order chi connectivity index (χ0) is 16.8. The van der Waals surface area contributed by atoms with Gasteiger partial charge in [0.2, 0.25) is 0 Å². The van der Waals surface area contributed by atoms with Gasteiger partial charge in [-0.3, -0.25) is 0 Å². The largest absolute Gasteiger partial charge is 0.489 e. The molecule has 2 aromatic carbocycles. The summed E-state index contributed by atoms with van der Waals surface area (Å²) in [7, 11) is 0. The molecule has 0 bridgehead atoms. The van der Waals surface area contributed by atoms with Crippen LogP contribution in [0.25, 0.3) is 0 Å². The van der Waals surface area contributed by atoms with Crippen molar-refractivity contribution >= 4 is 17.2 Å². The molecule has 0 radical (unpaired) electrons. The maximum absolute atomic E-state index is 5.85. The third kappa shape index (κ3) is 4.81. The Morgan fingerprint density at radius 3 is 2.33 bits per heavy atom. The van der Waals surface area contributed by atoms with Crippen LogP contribution in [-0.2, 0) is 6.61 Å². The van der Waals surface area contributed by atoms with Crippen molar-refractivity contribution in [3.63, 3.8) is 0 Å². The molecule has 2 nitrogen and oxygen atoms in total. The van der Waals surface area contributed by atoms with E-state index in [9.17, 15) is 0 Å². The second-order valence-corrected chi connectivity index (χ2v) is 7.02. The molecule has 0 saturated heterocycles. The summed E-state index contributed by atoms with van der Waals surface area (Å²) in [4.78, 5) is 0.854. The van der Waals surface area contributed by atoms with Gasteiger partial charge in [-0.15, -0.1) is 0 Å². The molecule has 0 unspecified atom stereocenters. The summed E-state index contributed by atoms with van der Waals surface area (Å²) in [5, 5.41) is 3.51. The van der Waals surface area contributed by atoms with Gasteiger partial charge in [0.25, 0.3) is 0 Å². The van der Waals surface area contributed by atoms with Crippen LogP contribution in [0.15, 0.2) is 48.5 Å². The highest BCUT2D eigenvalue weighted by Gasteiger charge is 2.14. The summed E-state index contributed by atoms with van der Waals surface area (Å²) in [6, 6.07) is 17.1. The Labute approximate surface area is 150 Å². The number of nitrogens with one attached hydrogen (secondary N) is 1. The zero-order valence-corrected chi connectivity index (χ0v) is 15.1. The van der Waals surface area contributed by atoms with Gasteiger partial charge >= 0.3 is 0 Å². The molecule has 1 fully saturated rings. The van der Waals surface area contributed by atoms with Crippen LogP contribution in [0, 0.1) is 6.92 Å². The average molecular weight is 340 g/mol. The van der Waals surface area contributed by atoms with E-state index in [-0.39, 0.29) is 0 Å². The standard InChI is InChI=1S/C21H25NOS/c1-16-7-9-17(10-8-16)15-23-20-13-11-18(12-14-20)21(24)22-19-5-3-2-4-6-19/h7-14,19H,2-6,15H2,1H3,(H,22,24). The van der Waals surface area contributed by atoms with Gasteiger partial charge in [-0.05, 0) is 49.6 Å². The van der Waals surface area contributed by atoms with Crippen molar-refractivity contribution in [3.8, 4) is 5.75 Å². The first-order valence-corrected chi connectivity index (χ1v) is 9.21. The minimum atomic E-state index is 0.545. The molecule has 1 N–H and O–H groups in total. The van der Waals surface area contributed by atoms with Crippen LogP contribution in [0.3, 0.4) is 0 Å². The lowest BCUT2D eigenvalue weighted by Gasteiger charge is -2.24. The Morgan fingerprint density at radius 2 is 1.67 bits per heavy atom. The van der Waals surface area contributed by atoms with Crippen LogP contribution >= 0.6 is 12.2 Å². The number of hydrogen-bond donors (Lipinski definition) is 1. The summed E-state index contributed by atoms with van der Waals surface area (Å²) in [6.45, 7) is 2.68. The van der Waals surface area contributed by atoms with E-state index in [1.807, 2.05) is 24.3 Å². The van der Waals surface area contributed by atoms with Gasteiger partial charge < -0.3 is 10.1 Å². The molecule has 24 heavy (non-hydrogen) atoms. The van der Waals surface area contributed by atoms with E-state index in [0.717, 1.165) is 16.3 Å². The molecule has 0 aliphatic heterocycles. The summed E-state index contributed by atoms with van der Waals surface area (Å²) in [5.41, 5.74) is 3.51. The Kier molecular flexibility index (Phi) is 5.86. The van der Waals surface area contributed by atoms with Crippen LogP contribution in [0.1, 0.15) is 48.8 Å². The summed E-state index contributed by atoms with van der Waals surface area (Å²) < 4.78 is 5.85. The highest BCUT2D eigenvalue weighted by atomic mass is 32.1. The van der Waals surface area contributed by atoms with Crippen LogP contribution < -0.4 is 10.1 Å². The van der Waals surface area contributed by atoms with Gasteiger partial charge in [-0.2, -0.15) is 0 Å². The number of benzene rings is 2. The predicted octanol–water partition coefficient (Wildman–Crippen LogP) is 5.17. The minimum Gasteiger partial charge on any atom is -0.489 e. The lowest BCUT2D eigenvalue weighted by atomic mass is 9.95. The zero-order valence-electron chi connectivity index (χ0n) is 14.3. The summed E-state index contributed by atoms with van der Waals surface area (Å²) in [6.07, 6.45) is 6.45. The third-order valence-electron chi connectivity index (χ3n) is 4.58. The van der Waals surface area contributed by atoms with E-state index in [1.165, 1.54) is 43.2 Å². The van der Waals surface area contributed by atoms with Crippen molar-refractivity contribution in [2.45, 2.75) is 51.7 Å². The minimum absolute atomic E-state index is 0.545. The Hall–Kier alpha value is -1.87. The monoisotopic (exact) mass is 339 g/mol. The normalized spacial score (nSPS) is 15.0. The van der Waals surface area contributed by atoms with Crippen molar-refractivity contribution in [1.29, 1.82) is 0 Å². The van der Waals surface area contributed by atoms with Crippen molar-refractivity contribution in [3.05, 3.63) is 65.2 Å². The van der Waals surface area contributed by atoms with Gasteiger partial charge in [0.05, 0.1) is 0 Å². The second kappa shape index (κ2) is 8.29. The lowest BCUT2D eigenvalue weighted by Crippen LogP contribution is -2.35. The van der Waals surface area contributed by atoms with Gasteiger partial charge in [-0.1, -0.05) is 61.3 Å².